The van der Waals surface area contributed by atoms with Crippen molar-refractivity contribution in [3.8, 4) is 0 Å². The van der Waals surface area contributed by atoms with Crippen molar-refractivity contribution >= 4 is 21.6 Å². The lowest BCUT2D eigenvalue weighted by Gasteiger charge is -2.15. The van der Waals surface area contributed by atoms with Gasteiger partial charge in [-0.2, -0.15) is 0 Å². The van der Waals surface area contributed by atoms with Gasteiger partial charge in [-0.3, -0.25) is 0 Å². The topological polar surface area (TPSA) is 25.5 Å². The number of hydrogen-bond donors (Lipinski definition) is 0. The molecule has 0 bridgehead atoms. The van der Waals surface area contributed by atoms with Gasteiger partial charge in [0.15, 0.2) is 0 Å². The van der Waals surface area contributed by atoms with E-state index in [-0.39, 0.29) is 0 Å². The Morgan fingerprint density at radius 3 is 2.75 bits per heavy atom. The van der Waals surface area contributed by atoms with E-state index in [1.807, 2.05) is 18.2 Å². The average molecular weight is 233 g/mol. The summed E-state index contributed by atoms with van der Waals surface area (Å²) in [6, 6.07) is 8.63. The molecular weight excluding hydrogens is 218 g/mol. The van der Waals surface area contributed by atoms with Gasteiger partial charge in [-0.05, 0) is 25.0 Å². The van der Waals surface area contributed by atoms with Gasteiger partial charge >= 0.3 is 0 Å². The Balaban J connectivity index is 1.95. The number of para-hydroxylation sites is 1. The zero-order chi connectivity index (χ0) is 10.8. The van der Waals surface area contributed by atoms with Crippen molar-refractivity contribution in [2.24, 2.45) is 4.99 Å². The van der Waals surface area contributed by atoms with Crippen molar-refractivity contribution in [3.05, 3.63) is 29.1 Å². The monoisotopic (exact) mass is 233 g/mol. The number of benzene rings is 1. The highest BCUT2D eigenvalue weighted by atomic mass is 32.1. The van der Waals surface area contributed by atoms with E-state index in [1.54, 1.807) is 11.3 Å². The van der Waals surface area contributed by atoms with E-state index in [4.69, 9.17) is 9.41 Å². The number of hydrogen-bond acceptors (Lipinski definition) is 3. The molecule has 2 nitrogen and oxygen atoms in total. The van der Waals surface area contributed by atoms with Crippen LogP contribution in [-0.4, -0.2) is 6.04 Å². The largest absolute Gasteiger partial charge is 0.430 e. The third-order valence-electron chi connectivity index (χ3n) is 3.11. The van der Waals surface area contributed by atoms with Crippen molar-refractivity contribution in [2.75, 3.05) is 0 Å². The molecule has 1 aliphatic carbocycles. The lowest BCUT2D eigenvalue weighted by molar-refractivity contribution is 0.422. The molecule has 0 spiro atoms. The fourth-order valence-corrected chi connectivity index (χ4v) is 3.12. The number of rotatable bonds is 1. The van der Waals surface area contributed by atoms with Crippen molar-refractivity contribution in [3.63, 3.8) is 0 Å². The highest BCUT2D eigenvalue weighted by Gasteiger charge is 2.12. The third kappa shape index (κ3) is 2.05. The summed E-state index contributed by atoms with van der Waals surface area (Å²) in [7, 11) is 0. The summed E-state index contributed by atoms with van der Waals surface area (Å²) in [5.74, 6) is 0. The van der Waals surface area contributed by atoms with Crippen LogP contribution in [0.15, 0.2) is 33.7 Å². The van der Waals surface area contributed by atoms with Crippen LogP contribution in [0.25, 0.3) is 10.3 Å². The summed E-state index contributed by atoms with van der Waals surface area (Å²) in [6.45, 7) is 0. The predicted octanol–water partition coefficient (Wildman–Crippen LogP) is 3.73. The normalized spacial score (nSPS) is 19.4. The molecule has 0 unspecified atom stereocenters. The summed E-state index contributed by atoms with van der Waals surface area (Å²) in [6.07, 6.45) is 6.46. The van der Waals surface area contributed by atoms with Crippen LogP contribution in [0.5, 0.6) is 0 Å². The predicted molar refractivity (Wildman–Crippen MR) is 66.5 cm³/mol. The minimum atomic E-state index is 0.491. The fourth-order valence-electron chi connectivity index (χ4n) is 2.24. The quantitative estimate of drug-likeness (QED) is 0.737. The van der Waals surface area contributed by atoms with Crippen LogP contribution in [0.1, 0.15) is 32.1 Å². The van der Waals surface area contributed by atoms with E-state index in [0.717, 1.165) is 10.5 Å². The van der Waals surface area contributed by atoms with Crippen LogP contribution in [0.4, 0.5) is 0 Å². The molecule has 84 valence electrons. The summed E-state index contributed by atoms with van der Waals surface area (Å²) in [4.78, 5) is 5.55. The summed E-state index contributed by atoms with van der Waals surface area (Å²) >= 11 is 1.66. The maximum absolute atomic E-state index is 5.72. The Bertz CT molecular complexity index is 498. The average Bonchev–Trinajstić information content (AvgIpc) is 2.72. The minimum Gasteiger partial charge on any atom is -0.430 e. The van der Waals surface area contributed by atoms with E-state index in [9.17, 15) is 0 Å². The van der Waals surface area contributed by atoms with Crippen molar-refractivity contribution in [2.45, 2.75) is 38.1 Å². The first-order valence-electron chi connectivity index (χ1n) is 5.94. The van der Waals surface area contributed by atoms with Crippen LogP contribution in [0.2, 0.25) is 0 Å². The van der Waals surface area contributed by atoms with Crippen LogP contribution in [-0.2, 0) is 0 Å². The van der Waals surface area contributed by atoms with Gasteiger partial charge in [0, 0.05) is 0 Å². The van der Waals surface area contributed by atoms with Crippen LogP contribution < -0.4 is 4.87 Å². The van der Waals surface area contributed by atoms with Crippen LogP contribution in [0, 0.1) is 0 Å². The minimum absolute atomic E-state index is 0.491. The molecule has 3 rings (SSSR count). The van der Waals surface area contributed by atoms with Gasteiger partial charge in [-0.1, -0.05) is 42.7 Å². The van der Waals surface area contributed by atoms with Gasteiger partial charge in [0.1, 0.15) is 5.58 Å². The van der Waals surface area contributed by atoms with Gasteiger partial charge < -0.3 is 4.42 Å². The fraction of sp³-hybridized carbons (Fsp3) is 0.462. The summed E-state index contributed by atoms with van der Waals surface area (Å²) < 4.78 is 6.91. The molecule has 0 N–H and O–H groups in total. The van der Waals surface area contributed by atoms with Gasteiger partial charge in [-0.15, -0.1) is 0 Å². The van der Waals surface area contributed by atoms with Crippen molar-refractivity contribution in [1.29, 1.82) is 0 Å². The second kappa shape index (κ2) is 4.42. The van der Waals surface area contributed by atoms with Gasteiger partial charge in [0.2, 0.25) is 0 Å². The van der Waals surface area contributed by atoms with Crippen LogP contribution in [0.3, 0.4) is 0 Å². The molecular formula is C13H15NOS. The molecule has 1 fully saturated rings. The highest BCUT2D eigenvalue weighted by molar-refractivity contribution is 7.16. The summed E-state index contributed by atoms with van der Waals surface area (Å²) in [5, 5.41) is 0. The Morgan fingerprint density at radius 1 is 1.12 bits per heavy atom. The van der Waals surface area contributed by atoms with E-state index in [0.29, 0.717) is 6.04 Å². The molecule has 1 aromatic heterocycles. The molecule has 0 radical (unpaired) electrons. The molecule has 1 saturated carbocycles. The zero-order valence-corrected chi connectivity index (χ0v) is 10.0. The van der Waals surface area contributed by atoms with E-state index >= 15 is 0 Å². The van der Waals surface area contributed by atoms with E-state index in [1.165, 1.54) is 36.8 Å². The number of nitrogens with zero attached hydrogens (tertiary/aromatic N) is 1. The van der Waals surface area contributed by atoms with Crippen molar-refractivity contribution < 1.29 is 4.42 Å². The molecule has 1 heterocycles. The lowest BCUT2D eigenvalue weighted by atomic mass is 9.96. The molecule has 0 saturated heterocycles. The third-order valence-corrected chi connectivity index (χ3v) is 4.03. The second-order valence-electron chi connectivity index (χ2n) is 4.34. The van der Waals surface area contributed by atoms with E-state index in [2.05, 4.69) is 6.07 Å². The standard InChI is InChI=1S/C13H15NOS/c1-2-6-10(7-3-1)14-13-15-11-8-4-5-9-12(11)16-13/h4-5,8-10H,1-3,6-7H2. The second-order valence-corrected chi connectivity index (χ2v) is 5.33. The molecule has 0 atom stereocenters. The maximum Gasteiger partial charge on any atom is 0.274 e. The Hall–Kier alpha value is -1.09. The van der Waals surface area contributed by atoms with E-state index < -0.39 is 0 Å². The first-order valence-corrected chi connectivity index (χ1v) is 6.76. The molecule has 16 heavy (non-hydrogen) atoms. The highest BCUT2D eigenvalue weighted by Crippen LogP contribution is 2.21. The first-order chi connectivity index (χ1) is 7.92. The lowest BCUT2D eigenvalue weighted by Crippen LogP contribution is -2.12. The Morgan fingerprint density at radius 2 is 1.94 bits per heavy atom. The SMILES string of the molecule is c1ccc2sc(=NC3CCCCC3)oc2c1. The molecule has 1 aromatic carbocycles. The van der Waals surface area contributed by atoms with Gasteiger partial charge in [0.25, 0.3) is 4.87 Å². The maximum atomic E-state index is 5.72. The smallest absolute Gasteiger partial charge is 0.274 e. The summed E-state index contributed by atoms with van der Waals surface area (Å²) in [5.41, 5.74) is 0.960. The molecule has 3 heteroatoms. The van der Waals surface area contributed by atoms with Crippen LogP contribution >= 0.6 is 11.3 Å². The zero-order valence-electron chi connectivity index (χ0n) is 9.19. The van der Waals surface area contributed by atoms with Gasteiger partial charge in [0.05, 0.1) is 10.7 Å². The molecule has 0 amide bonds. The van der Waals surface area contributed by atoms with Crippen molar-refractivity contribution in [1.82, 2.24) is 0 Å². The Kier molecular flexibility index (Phi) is 2.79. The first kappa shape index (κ1) is 10.1. The Labute approximate surface area is 98.6 Å². The number of fused-ring (bicyclic) bond motifs is 1. The van der Waals surface area contributed by atoms with Gasteiger partial charge in [-0.25, -0.2) is 4.99 Å². The molecule has 0 aliphatic heterocycles. The molecule has 2 aromatic rings. The molecule has 1 aliphatic rings.